The van der Waals surface area contributed by atoms with Crippen molar-refractivity contribution in [3.8, 4) is 17.1 Å². The second-order valence-corrected chi connectivity index (χ2v) is 13.8. The monoisotopic (exact) mass is 733 g/mol. The van der Waals surface area contributed by atoms with Crippen molar-refractivity contribution in [2.75, 3.05) is 24.1 Å². The SMILES string of the molecule is CC(C)n1cnc2c(NCCc3c[nH]c4ccc(OC(=O)CCCCCCCNC(=O)CCCc5ccc(N)cc5)cc34)nc(-c3cncc(F)c3)nc21. The number of unbranched alkanes of at least 4 members (excludes halogenated alkanes) is 4. The number of aryl methyl sites for hydroxylation is 1. The fraction of sp³-hybridized carbons (Fsp3) is 0.366. The molecule has 0 atom stereocenters. The summed E-state index contributed by atoms with van der Waals surface area (Å²) in [6.07, 6.45) is 14.2. The van der Waals surface area contributed by atoms with Gasteiger partial charge in [0.2, 0.25) is 5.91 Å². The van der Waals surface area contributed by atoms with Gasteiger partial charge in [-0.2, -0.15) is 0 Å². The summed E-state index contributed by atoms with van der Waals surface area (Å²) in [6, 6.07) is 14.9. The number of ether oxygens (including phenoxy) is 1. The fourth-order valence-corrected chi connectivity index (χ4v) is 6.39. The van der Waals surface area contributed by atoms with Gasteiger partial charge in [0, 0.05) is 66.5 Å². The molecule has 0 unspecified atom stereocenters. The molecule has 1 amide bonds. The van der Waals surface area contributed by atoms with Gasteiger partial charge < -0.3 is 30.7 Å². The van der Waals surface area contributed by atoms with E-state index in [4.69, 9.17) is 20.4 Å². The minimum absolute atomic E-state index is 0.0869. The van der Waals surface area contributed by atoms with Crippen LogP contribution in [0.15, 0.2) is 73.4 Å². The molecule has 282 valence electrons. The van der Waals surface area contributed by atoms with Crippen molar-refractivity contribution in [1.29, 1.82) is 0 Å². The van der Waals surface area contributed by atoms with Crippen molar-refractivity contribution < 1.29 is 18.7 Å². The molecule has 6 aromatic rings. The maximum absolute atomic E-state index is 14.0. The number of H-pyrrole nitrogens is 1. The molecule has 0 fully saturated rings. The summed E-state index contributed by atoms with van der Waals surface area (Å²) in [5, 5.41) is 7.40. The first-order valence-corrected chi connectivity index (χ1v) is 18.7. The number of anilines is 2. The highest BCUT2D eigenvalue weighted by Crippen LogP contribution is 2.28. The maximum atomic E-state index is 14.0. The van der Waals surface area contributed by atoms with E-state index in [1.165, 1.54) is 11.6 Å². The highest BCUT2D eigenvalue weighted by Gasteiger charge is 2.17. The summed E-state index contributed by atoms with van der Waals surface area (Å²) >= 11 is 0. The lowest BCUT2D eigenvalue weighted by atomic mass is 10.1. The third kappa shape index (κ3) is 10.2. The van der Waals surface area contributed by atoms with Gasteiger partial charge in [0.1, 0.15) is 17.1 Å². The van der Waals surface area contributed by atoms with Crippen LogP contribution in [0.1, 0.15) is 82.4 Å². The Balaban J connectivity index is 0.926. The van der Waals surface area contributed by atoms with Crippen LogP contribution in [-0.2, 0) is 22.4 Å². The number of rotatable bonds is 19. The van der Waals surface area contributed by atoms with Gasteiger partial charge in [-0.25, -0.2) is 19.3 Å². The van der Waals surface area contributed by atoms with E-state index in [1.807, 2.05) is 61.0 Å². The molecule has 4 aromatic heterocycles. The molecule has 54 heavy (non-hydrogen) atoms. The maximum Gasteiger partial charge on any atom is 0.311 e. The van der Waals surface area contributed by atoms with Gasteiger partial charge >= 0.3 is 5.97 Å². The van der Waals surface area contributed by atoms with Crippen LogP contribution in [0.4, 0.5) is 15.9 Å². The number of nitrogens with two attached hydrogens (primary N) is 1. The highest BCUT2D eigenvalue weighted by atomic mass is 19.1. The molecule has 0 saturated carbocycles. The summed E-state index contributed by atoms with van der Waals surface area (Å²) < 4.78 is 21.7. The first-order valence-electron chi connectivity index (χ1n) is 18.7. The number of hydrogen-bond acceptors (Lipinski definition) is 9. The Hall–Kier alpha value is -5.85. The van der Waals surface area contributed by atoms with Crippen LogP contribution >= 0.6 is 0 Å². The number of carbonyl (C=O) groups is 2. The van der Waals surface area contributed by atoms with Crippen molar-refractivity contribution >= 4 is 45.4 Å². The number of hydrogen-bond donors (Lipinski definition) is 4. The van der Waals surface area contributed by atoms with Crippen LogP contribution in [0, 0.1) is 5.82 Å². The van der Waals surface area contributed by atoms with Crippen molar-refractivity contribution in [2.24, 2.45) is 0 Å². The molecule has 4 heterocycles. The standard InChI is InChI=1S/C41H48FN9O3/c1-27(2)51-26-48-38-40(49-39(50-41(38)51)30-21-31(42)25-44-23-30)46-20-18-29-24-47-35-17-16-33(22-34(29)35)54-37(53)11-6-4-3-5-7-19-45-36(52)10-8-9-28-12-14-32(43)15-13-28/h12-17,21-27,47H,3-11,18-20,43H2,1-2H3,(H,45,52)(H,46,49,50). The van der Waals surface area contributed by atoms with Crippen LogP contribution in [0.5, 0.6) is 5.75 Å². The Kier molecular flexibility index (Phi) is 12.8. The zero-order chi connectivity index (χ0) is 37.9. The lowest BCUT2D eigenvalue weighted by Crippen LogP contribution is -2.24. The summed E-state index contributed by atoms with van der Waals surface area (Å²) in [7, 11) is 0. The Bertz CT molecular complexity index is 2180. The van der Waals surface area contributed by atoms with Crippen LogP contribution in [-0.4, -0.2) is 54.5 Å². The molecular weight excluding hydrogens is 686 g/mol. The van der Waals surface area contributed by atoms with Gasteiger partial charge in [0.05, 0.1) is 12.5 Å². The molecule has 0 saturated heterocycles. The minimum atomic E-state index is -0.462. The molecule has 6 rings (SSSR count). The Morgan fingerprint density at radius 2 is 1.74 bits per heavy atom. The van der Waals surface area contributed by atoms with E-state index in [0.717, 1.165) is 73.3 Å². The predicted octanol–water partition coefficient (Wildman–Crippen LogP) is 7.71. The van der Waals surface area contributed by atoms with E-state index in [2.05, 4.69) is 25.6 Å². The van der Waals surface area contributed by atoms with Crippen LogP contribution in [0.3, 0.4) is 0 Å². The fourth-order valence-electron chi connectivity index (χ4n) is 6.39. The first kappa shape index (κ1) is 37.9. The average molecular weight is 734 g/mol. The molecule has 0 aliphatic carbocycles. The van der Waals surface area contributed by atoms with Gasteiger partial charge in [-0.3, -0.25) is 14.6 Å². The summed E-state index contributed by atoms with van der Waals surface area (Å²) in [6.45, 7) is 5.30. The number of imidazole rings is 1. The topological polar surface area (TPSA) is 166 Å². The van der Waals surface area contributed by atoms with Crippen LogP contribution < -0.4 is 21.1 Å². The van der Waals surface area contributed by atoms with Crippen LogP contribution in [0.25, 0.3) is 33.5 Å². The molecule has 0 radical (unpaired) electrons. The summed E-state index contributed by atoms with van der Waals surface area (Å²) in [5.41, 5.74) is 11.4. The van der Waals surface area contributed by atoms with Crippen molar-refractivity contribution in [2.45, 2.75) is 84.1 Å². The van der Waals surface area contributed by atoms with Gasteiger partial charge in [0.15, 0.2) is 17.3 Å². The molecule has 0 aliphatic heterocycles. The largest absolute Gasteiger partial charge is 0.427 e. The van der Waals surface area contributed by atoms with Crippen molar-refractivity contribution in [3.63, 3.8) is 0 Å². The van der Waals surface area contributed by atoms with E-state index in [1.54, 1.807) is 18.6 Å². The normalized spacial score (nSPS) is 11.4. The number of halogens is 1. The number of nitrogens with zero attached hydrogens (tertiary/aromatic N) is 5. The van der Waals surface area contributed by atoms with Gasteiger partial charge in [0.25, 0.3) is 0 Å². The van der Waals surface area contributed by atoms with E-state index in [-0.39, 0.29) is 17.9 Å². The number of pyridine rings is 1. The Labute approximate surface area is 314 Å². The average Bonchev–Trinajstić information content (AvgIpc) is 3.78. The quantitative estimate of drug-likeness (QED) is 0.0282. The zero-order valence-corrected chi connectivity index (χ0v) is 30.9. The lowest BCUT2D eigenvalue weighted by Gasteiger charge is -2.11. The number of carbonyl (C=O) groups excluding carboxylic acids is 2. The summed E-state index contributed by atoms with van der Waals surface area (Å²) in [4.78, 5) is 46.1. The van der Waals surface area contributed by atoms with E-state index < -0.39 is 5.82 Å². The first-order chi connectivity index (χ1) is 26.2. The number of benzene rings is 2. The number of aromatic nitrogens is 6. The smallest absolute Gasteiger partial charge is 0.311 e. The molecule has 0 bridgehead atoms. The number of nitrogen functional groups attached to an aromatic ring is 1. The summed E-state index contributed by atoms with van der Waals surface area (Å²) in [5.74, 6) is 0.793. The number of esters is 1. The minimum Gasteiger partial charge on any atom is -0.427 e. The molecule has 0 aliphatic rings. The second kappa shape index (κ2) is 18.3. The molecule has 13 heteroatoms. The Morgan fingerprint density at radius 3 is 2.56 bits per heavy atom. The third-order valence-corrected chi connectivity index (χ3v) is 9.33. The molecular formula is C41H48FN9O3. The van der Waals surface area contributed by atoms with E-state index in [9.17, 15) is 14.0 Å². The number of aromatic amines is 1. The van der Waals surface area contributed by atoms with Gasteiger partial charge in [-0.1, -0.05) is 31.4 Å². The molecule has 0 spiro atoms. The molecule has 12 nitrogen and oxygen atoms in total. The van der Waals surface area contributed by atoms with Crippen molar-refractivity contribution in [3.05, 3.63) is 90.4 Å². The predicted molar refractivity (Wildman–Crippen MR) is 210 cm³/mol. The van der Waals surface area contributed by atoms with Gasteiger partial charge in [-0.15, -0.1) is 0 Å². The van der Waals surface area contributed by atoms with Crippen LogP contribution in [0.2, 0.25) is 0 Å². The lowest BCUT2D eigenvalue weighted by molar-refractivity contribution is -0.134. The van der Waals surface area contributed by atoms with E-state index >= 15 is 0 Å². The number of fused-ring (bicyclic) bond motifs is 2. The van der Waals surface area contributed by atoms with E-state index in [0.29, 0.717) is 66.5 Å². The van der Waals surface area contributed by atoms with Gasteiger partial charge in [-0.05, 0) is 93.5 Å². The highest BCUT2D eigenvalue weighted by molar-refractivity contribution is 5.87. The second-order valence-electron chi connectivity index (χ2n) is 13.8. The third-order valence-electron chi connectivity index (χ3n) is 9.33. The van der Waals surface area contributed by atoms with Crippen molar-refractivity contribution in [1.82, 2.24) is 34.8 Å². The Morgan fingerprint density at radius 1 is 0.926 bits per heavy atom. The molecule has 5 N–H and O–H groups in total. The number of amides is 1. The number of nitrogens with one attached hydrogen (secondary N) is 3. The zero-order valence-electron chi connectivity index (χ0n) is 30.9. The molecule has 2 aromatic carbocycles.